The Labute approximate surface area is 89.7 Å². The summed E-state index contributed by atoms with van der Waals surface area (Å²) in [6.45, 7) is 0. The number of nitrogens with zero attached hydrogens (tertiary/aromatic N) is 2. The Bertz CT molecular complexity index is 446. The molecule has 0 unspecified atom stereocenters. The SMILES string of the molecule is CO/N=C(/C#N)c1cccc(C(F)(F)F)c1. The zero-order valence-corrected chi connectivity index (χ0v) is 8.25. The van der Waals surface area contributed by atoms with Crippen LogP contribution in [0.5, 0.6) is 0 Å². The topological polar surface area (TPSA) is 45.4 Å². The first-order valence-electron chi connectivity index (χ1n) is 4.18. The van der Waals surface area contributed by atoms with Crippen LogP contribution in [0.1, 0.15) is 11.1 Å². The molecular formula is C10H7F3N2O. The van der Waals surface area contributed by atoms with E-state index < -0.39 is 11.7 Å². The number of benzene rings is 1. The zero-order valence-electron chi connectivity index (χ0n) is 8.25. The van der Waals surface area contributed by atoms with Gasteiger partial charge in [-0.25, -0.2) is 0 Å². The van der Waals surface area contributed by atoms with Gasteiger partial charge in [-0.2, -0.15) is 18.4 Å². The second-order valence-corrected chi connectivity index (χ2v) is 2.81. The van der Waals surface area contributed by atoms with Crippen molar-refractivity contribution in [3.05, 3.63) is 35.4 Å². The second kappa shape index (κ2) is 4.66. The lowest BCUT2D eigenvalue weighted by molar-refractivity contribution is -0.137. The minimum atomic E-state index is -4.44. The van der Waals surface area contributed by atoms with E-state index in [-0.39, 0.29) is 11.3 Å². The molecule has 1 rings (SSSR count). The average Bonchev–Trinajstić information content (AvgIpc) is 2.25. The summed E-state index contributed by atoms with van der Waals surface area (Å²) in [5.74, 6) is 0. The normalized spacial score (nSPS) is 12.1. The fourth-order valence-corrected chi connectivity index (χ4v) is 1.07. The highest BCUT2D eigenvalue weighted by molar-refractivity contribution is 6.11. The third-order valence-electron chi connectivity index (χ3n) is 1.75. The molecule has 0 bridgehead atoms. The van der Waals surface area contributed by atoms with Crippen LogP contribution >= 0.6 is 0 Å². The molecule has 1 aromatic carbocycles. The predicted octanol–water partition coefficient (Wildman–Crippen LogP) is 2.58. The molecule has 0 aliphatic heterocycles. The number of alkyl halides is 3. The molecule has 0 atom stereocenters. The molecule has 0 N–H and O–H groups in total. The van der Waals surface area contributed by atoms with Crippen LogP contribution in [0.4, 0.5) is 13.2 Å². The molecule has 0 saturated heterocycles. The van der Waals surface area contributed by atoms with E-state index >= 15 is 0 Å². The number of halogens is 3. The third-order valence-corrected chi connectivity index (χ3v) is 1.75. The Kier molecular flexibility index (Phi) is 3.51. The number of hydrogen-bond acceptors (Lipinski definition) is 3. The molecule has 0 amide bonds. The van der Waals surface area contributed by atoms with E-state index in [2.05, 4.69) is 9.99 Å². The van der Waals surface area contributed by atoms with Crippen LogP contribution in [-0.2, 0) is 11.0 Å². The second-order valence-electron chi connectivity index (χ2n) is 2.81. The largest absolute Gasteiger partial charge is 0.416 e. The lowest BCUT2D eigenvalue weighted by Gasteiger charge is -2.07. The van der Waals surface area contributed by atoms with Crippen molar-refractivity contribution in [3.63, 3.8) is 0 Å². The van der Waals surface area contributed by atoms with Crippen molar-refractivity contribution >= 4 is 5.71 Å². The van der Waals surface area contributed by atoms with Crippen molar-refractivity contribution in [1.82, 2.24) is 0 Å². The molecule has 0 heterocycles. The highest BCUT2D eigenvalue weighted by atomic mass is 19.4. The van der Waals surface area contributed by atoms with E-state index in [1.54, 1.807) is 6.07 Å². The van der Waals surface area contributed by atoms with Crippen molar-refractivity contribution in [1.29, 1.82) is 5.26 Å². The van der Waals surface area contributed by atoms with Gasteiger partial charge in [-0.05, 0) is 12.1 Å². The summed E-state index contributed by atoms with van der Waals surface area (Å²) in [6.07, 6.45) is -4.44. The molecule has 0 aliphatic rings. The smallest absolute Gasteiger partial charge is 0.398 e. The molecule has 84 valence electrons. The first kappa shape index (κ1) is 12.0. The molecule has 1 aromatic rings. The van der Waals surface area contributed by atoms with Crippen LogP contribution in [0.15, 0.2) is 29.4 Å². The van der Waals surface area contributed by atoms with E-state index in [4.69, 9.17) is 5.26 Å². The van der Waals surface area contributed by atoms with Crippen LogP contribution in [0.2, 0.25) is 0 Å². The molecule has 0 saturated carbocycles. The molecule has 0 fully saturated rings. The molecule has 3 nitrogen and oxygen atoms in total. The minimum absolute atomic E-state index is 0.0687. The minimum Gasteiger partial charge on any atom is -0.398 e. The van der Waals surface area contributed by atoms with Gasteiger partial charge in [0, 0.05) is 5.56 Å². The Balaban J connectivity index is 3.18. The van der Waals surface area contributed by atoms with Gasteiger partial charge in [-0.3, -0.25) is 0 Å². The summed E-state index contributed by atoms with van der Waals surface area (Å²) >= 11 is 0. The monoisotopic (exact) mass is 228 g/mol. The van der Waals surface area contributed by atoms with Crippen molar-refractivity contribution in [2.75, 3.05) is 7.11 Å². The number of hydrogen-bond donors (Lipinski definition) is 0. The maximum absolute atomic E-state index is 12.4. The van der Waals surface area contributed by atoms with Gasteiger partial charge < -0.3 is 4.84 Å². The molecule has 0 aliphatic carbocycles. The lowest BCUT2D eigenvalue weighted by atomic mass is 10.1. The maximum Gasteiger partial charge on any atom is 0.416 e. The van der Waals surface area contributed by atoms with Gasteiger partial charge in [0.15, 0.2) is 5.71 Å². The van der Waals surface area contributed by atoms with Gasteiger partial charge in [0.2, 0.25) is 0 Å². The first-order chi connectivity index (χ1) is 7.49. The van der Waals surface area contributed by atoms with Gasteiger partial charge in [0.05, 0.1) is 5.56 Å². The van der Waals surface area contributed by atoms with Crippen LogP contribution in [-0.4, -0.2) is 12.8 Å². The third kappa shape index (κ3) is 2.73. The summed E-state index contributed by atoms with van der Waals surface area (Å²) in [4.78, 5) is 4.36. The van der Waals surface area contributed by atoms with Crippen molar-refractivity contribution in [2.24, 2.45) is 5.16 Å². The summed E-state index contributed by atoms with van der Waals surface area (Å²) in [5, 5.41) is 12.0. The quantitative estimate of drug-likeness (QED) is 0.576. The van der Waals surface area contributed by atoms with Crippen molar-refractivity contribution < 1.29 is 18.0 Å². The van der Waals surface area contributed by atoms with Crippen LogP contribution in [0.25, 0.3) is 0 Å². The van der Waals surface area contributed by atoms with Gasteiger partial charge in [0.25, 0.3) is 0 Å². The molecule has 0 aromatic heterocycles. The highest BCUT2D eigenvalue weighted by Gasteiger charge is 2.30. The standard InChI is InChI=1S/C10H7F3N2O/c1-16-15-9(6-14)7-3-2-4-8(5-7)10(11,12)13/h2-5H,1H3/b15-9-. The zero-order chi connectivity index (χ0) is 12.2. The fourth-order valence-electron chi connectivity index (χ4n) is 1.07. The highest BCUT2D eigenvalue weighted by Crippen LogP contribution is 2.29. The molecule has 0 radical (unpaired) electrons. The van der Waals surface area contributed by atoms with Crippen molar-refractivity contribution in [2.45, 2.75) is 6.18 Å². The Morgan fingerprint density at radius 3 is 2.62 bits per heavy atom. The lowest BCUT2D eigenvalue weighted by Crippen LogP contribution is -2.07. The van der Waals surface area contributed by atoms with E-state index in [0.717, 1.165) is 12.1 Å². The van der Waals surface area contributed by atoms with Crippen LogP contribution in [0, 0.1) is 11.3 Å². The van der Waals surface area contributed by atoms with E-state index in [0.29, 0.717) is 0 Å². The van der Waals surface area contributed by atoms with Crippen molar-refractivity contribution in [3.8, 4) is 6.07 Å². The molecule has 16 heavy (non-hydrogen) atoms. The Hall–Kier alpha value is -2.03. The molecular weight excluding hydrogens is 221 g/mol. The molecule has 0 spiro atoms. The van der Waals surface area contributed by atoms with Crippen LogP contribution in [0.3, 0.4) is 0 Å². The number of nitriles is 1. The molecule has 6 heteroatoms. The van der Waals surface area contributed by atoms with E-state index in [1.807, 2.05) is 0 Å². The van der Waals surface area contributed by atoms with Gasteiger partial charge in [-0.1, -0.05) is 17.3 Å². The number of rotatable bonds is 2. The van der Waals surface area contributed by atoms with Crippen LogP contribution < -0.4 is 0 Å². The van der Waals surface area contributed by atoms with E-state index in [9.17, 15) is 13.2 Å². The Morgan fingerprint density at radius 2 is 2.12 bits per heavy atom. The predicted molar refractivity (Wildman–Crippen MR) is 50.6 cm³/mol. The van der Waals surface area contributed by atoms with Gasteiger partial charge in [0.1, 0.15) is 13.2 Å². The summed E-state index contributed by atoms with van der Waals surface area (Å²) in [5.41, 5.74) is -0.961. The summed E-state index contributed by atoms with van der Waals surface area (Å²) in [7, 11) is 1.21. The fraction of sp³-hybridized carbons (Fsp3) is 0.200. The average molecular weight is 228 g/mol. The summed E-state index contributed by atoms with van der Waals surface area (Å²) < 4.78 is 37.1. The number of oxime groups is 1. The van der Waals surface area contributed by atoms with E-state index in [1.165, 1.54) is 19.2 Å². The maximum atomic E-state index is 12.4. The Morgan fingerprint density at radius 1 is 1.44 bits per heavy atom. The van der Waals surface area contributed by atoms with Gasteiger partial charge in [-0.15, -0.1) is 0 Å². The van der Waals surface area contributed by atoms with Gasteiger partial charge >= 0.3 is 6.18 Å². The first-order valence-corrected chi connectivity index (χ1v) is 4.18. The summed E-state index contributed by atoms with van der Waals surface area (Å²) in [6, 6.07) is 5.99.